The molecule has 1 aromatic carbocycles. The van der Waals surface area contributed by atoms with Gasteiger partial charge in [-0.3, -0.25) is 0 Å². The zero-order valence-electron chi connectivity index (χ0n) is 14.3. The third-order valence-electron chi connectivity index (χ3n) is 4.00. The monoisotopic (exact) mass is 358 g/mol. The highest BCUT2D eigenvalue weighted by molar-refractivity contribution is 7.14. The molecule has 0 saturated carbocycles. The Morgan fingerprint density at radius 1 is 1.20 bits per heavy atom. The van der Waals surface area contributed by atoms with Gasteiger partial charge in [-0.25, -0.2) is 9.59 Å². The number of methoxy groups -OCH3 is 1. The zero-order valence-corrected chi connectivity index (χ0v) is 15.1. The van der Waals surface area contributed by atoms with Crippen molar-refractivity contribution >= 4 is 28.3 Å². The van der Waals surface area contributed by atoms with E-state index in [0.717, 1.165) is 16.9 Å². The van der Waals surface area contributed by atoms with Crippen LogP contribution in [-0.4, -0.2) is 13.1 Å². The third-order valence-corrected chi connectivity index (χ3v) is 5.07. The summed E-state index contributed by atoms with van der Waals surface area (Å²) in [6.07, 6.45) is 0.877. The van der Waals surface area contributed by atoms with Crippen LogP contribution in [0.15, 0.2) is 39.5 Å². The fourth-order valence-corrected chi connectivity index (χ4v) is 3.65. The van der Waals surface area contributed by atoms with Crippen LogP contribution in [0.4, 0.5) is 0 Å². The number of thiophene rings is 1. The Morgan fingerprint density at radius 3 is 2.68 bits per heavy atom. The summed E-state index contributed by atoms with van der Waals surface area (Å²) < 4.78 is 15.7. The predicted molar refractivity (Wildman–Crippen MR) is 96.6 cm³/mol. The second-order valence-corrected chi connectivity index (χ2v) is 6.83. The Morgan fingerprint density at radius 2 is 2.00 bits per heavy atom. The van der Waals surface area contributed by atoms with Crippen molar-refractivity contribution in [3.8, 4) is 5.75 Å². The van der Waals surface area contributed by atoms with Crippen molar-refractivity contribution in [1.29, 1.82) is 0 Å². The van der Waals surface area contributed by atoms with E-state index < -0.39 is 5.63 Å². The average molecular weight is 358 g/mol. The van der Waals surface area contributed by atoms with Gasteiger partial charge in [0.1, 0.15) is 22.8 Å². The number of hydrogen-bond acceptors (Lipinski definition) is 6. The first-order chi connectivity index (χ1) is 12.0. The molecule has 5 nitrogen and oxygen atoms in total. The summed E-state index contributed by atoms with van der Waals surface area (Å²) >= 11 is 1.42. The van der Waals surface area contributed by atoms with Crippen molar-refractivity contribution < 1.29 is 18.7 Å². The maximum atomic E-state index is 12.3. The van der Waals surface area contributed by atoms with Gasteiger partial charge >= 0.3 is 11.6 Å². The Bertz CT molecular complexity index is 983. The molecule has 2 aromatic heterocycles. The van der Waals surface area contributed by atoms with Crippen LogP contribution in [-0.2, 0) is 17.8 Å². The highest BCUT2D eigenvalue weighted by Crippen LogP contribution is 2.25. The van der Waals surface area contributed by atoms with Crippen LogP contribution in [0.5, 0.6) is 5.75 Å². The summed E-state index contributed by atoms with van der Waals surface area (Å²) in [5.74, 6) is 0.202. The molecule has 0 unspecified atom stereocenters. The van der Waals surface area contributed by atoms with Crippen LogP contribution in [0, 0.1) is 6.92 Å². The van der Waals surface area contributed by atoms with Crippen LogP contribution < -0.4 is 10.4 Å². The van der Waals surface area contributed by atoms with Gasteiger partial charge in [-0.05, 0) is 37.1 Å². The lowest BCUT2D eigenvalue weighted by molar-refractivity contribution is 0.0479. The fourth-order valence-electron chi connectivity index (χ4n) is 2.64. The van der Waals surface area contributed by atoms with Crippen molar-refractivity contribution in [3.05, 3.63) is 61.6 Å². The highest BCUT2D eigenvalue weighted by atomic mass is 32.1. The number of aryl methyl sites for hydroxylation is 2. The van der Waals surface area contributed by atoms with Gasteiger partial charge < -0.3 is 13.9 Å². The van der Waals surface area contributed by atoms with E-state index in [1.165, 1.54) is 17.4 Å². The minimum absolute atomic E-state index is 0.00562. The summed E-state index contributed by atoms with van der Waals surface area (Å²) in [4.78, 5) is 25.7. The SMILES string of the molecule is CCc1cc(C(=O)OCc2cc(=O)oc3cc(OC)ccc23)sc1C. The molecule has 3 rings (SSSR count). The Hall–Kier alpha value is -2.60. The molecule has 0 saturated heterocycles. The molecule has 0 aliphatic heterocycles. The van der Waals surface area contributed by atoms with Crippen molar-refractivity contribution in [2.45, 2.75) is 26.9 Å². The Kier molecular flexibility index (Phi) is 4.90. The molecule has 6 heteroatoms. The van der Waals surface area contributed by atoms with E-state index in [2.05, 4.69) is 0 Å². The van der Waals surface area contributed by atoms with Crippen molar-refractivity contribution in [2.24, 2.45) is 0 Å². The molecule has 130 valence electrons. The van der Waals surface area contributed by atoms with Gasteiger partial charge in [0.15, 0.2) is 0 Å². The smallest absolute Gasteiger partial charge is 0.348 e. The second-order valence-electron chi connectivity index (χ2n) is 5.57. The molecule has 0 aliphatic rings. The number of fused-ring (bicyclic) bond motifs is 1. The number of carbonyl (C=O) groups excluding carboxylic acids is 1. The molecule has 25 heavy (non-hydrogen) atoms. The summed E-state index contributed by atoms with van der Waals surface area (Å²) in [5.41, 5.74) is 1.66. The van der Waals surface area contributed by atoms with Gasteiger partial charge in [0.05, 0.1) is 7.11 Å². The quantitative estimate of drug-likeness (QED) is 0.508. The van der Waals surface area contributed by atoms with Crippen LogP contribution in [0.2, 0.25) is 0 Å². The molecule has 0 bridgehead atoms. The number of carbonyl (C=O) groups is 1. The van der Waals surface area contributed by atoms with E-state index in [4.69, 9.17) is 13.9 Å². The normalized spacial score (nSPS) is 10.8. The molecule has 0 radical (unpaired) electrons. The maximum absolute atomic E-state index is 12.3. The zero-order chi connectivity index (χ0) is 18.0. The third kappa shape index (κ3) is 3.58. The van der Waals surface area contributed by atoms with E-state index in [1.807, 2.05) is 19.9 Å². The molecular weight excluding hydrogens is 340 g/mol. The molecule has 0 N–H and O–H groups in total. The van der Waals surface area contributed by atoms with Gasteiger partial charge in [-0.2, -0.15) is 0 Å². The molecule has 0 amide bonds. The minimum Gasteiger partial charge on any atom is -0.497 e. The minimum atomic E-state index is -0.493. The van der Waals surface area contributed by atoms with E-state index in [0.29, 0.717) is 27.2 Å². The van der Waals surface area contributed by atoms with E-state index in [-0.39, 0.29) is 12.6 Å². The van der Waals surface area contributed by atoms with Gasteiger partial charge in [-0.15, -0.1) is 11.3 Å². The Balaban J connectivity index is 1.85. The van der Waals surface area contributed by atoms with Gasteiger partial charge in [0.2, 0.25) is 0 Å². The van der Waals surface area contributed by atoms with E-state index in [1.54, 1.807) is 25.3 Å². The topological polar surface area (TPSA) is 65.7 Å². The predicted octanol–water partition coefficient (Wildman–Crippen LogP) is 4.09. The van der Waals surface area contributed by atoms with Crippen LogP contribution in [0.25, 0.3) is 11.0 Å². The van der Waals surface area contributed by atoms with Crippen molar-refractivity contribution in [3.63, 3.8) is 0 Å². The number of benzene rings is 1. The number of rotatable bonds is 5. The second kappa shape index (κ2) is 7.11. The molecular formula is C19H18O5S. The van der Waals surface area contributed by atoms with Crippen molar-refractivity contribution in [2.75, 3.05) is 7.11 Å². The molecule has 0 aliphatic carbocycles. The molecule has 3 aromatic rings. The van der Waals surface area contributed by atoms with Crippen molar-refractivity contribution in [1.82, 2.24) is 0 Å². The largest absolute Gasteiger partial charge is 0.497 e. The van der Waals surface area contributed by atoms with Crippen LogP contribution in [0.3, 0.4) is 0 Å². The van der Waals surface area contributed by atoms with Gasteiger partial charge in [-0.1, -0.05) is 6.92 Å². The average Bonchev–Trinajstić information content (AvgIpc) is 2.99. The highest BCUT2D eigenvalue weighted by Gasteiger charge is 2.15. The standard InChI is InChI=1S/C19H18O5S/c1-4-12-7-17(25-11(12)2)19(21)23-10-13-8-18(20)24-16-9-14(22-3)5-6-15(13)16/h5-9H,4,10H2,1-3H3. The summed E-state index contributed by atoms with van der Waals surface area (Å²) in [6.45, 7) is 4.04. The fraction of sp³-hybridized carbons (Fsp3) is 0.263. The summed E-state index contributed by atoms with van der Waals surface area (Å²) in [6, 6.07) is 8.40. The molecule has 0 spiro atoms. The Labute approximate surface area is 148 Å². The number of esters is 1. The van der Waals surface area contributed by atoms with Crippen LogP contribution in [0.1, 0.15) is 32.6 Å². The molecule has 0 fully saturated rings. The first-order valence-corrected chi connectivity index (χ1v) is 8.70. The van der Waals surface area contributed by atoms with E-state index in [9.17, 15) is 9.59 Å². The van der Waals surface area contributed by atoms with Gasteiger partial charge in [0, 0.05) is 28.0 Å². The first-order valence-electron chi connectivity index (χ1n) is 7.89. The molecule has 0 atom stereocenters. The number of ether oxygens (including phenoxy) is 2. The lowest BCUT2D eigenvalue weighted by Gasteiger charge is -2.07. The lowest BCUT2D eigenvalue weighted by atomic mass is 10.1. The van der Waals surface area contributed by atoms with Gasteiger partial charge in [0.25, 0.3) is 0 Å². The number of hydrogen-bond donors (Lipinski definition) is 0. The summed E-state index contributed by atoms with van der Waals surface area (Å²) in [5, 5.41) is 0.713. The summed E-state index contributed by atoms with van der Waals surface area (Å²) in [7, 11) is 1.54. The van der Waals surface area contributed by atoms with E-state index >= 15 is 0 Å². The van der Waals surface area contributed by atoms with Crippen LogP contribution >= 0.6 is 11.3 Å². The lowest BCUT2D eigenvalue weighted by Crippen LogP contribution is -2.07. The first kappa shape index (κ1) is 17.2. The maximum Gasteiger partial charge on any atom is 0.348 e. The molecule has 2 heterocycles.